The minimum Gasteiger partial charge on any atom is -0.480 e. The summed E-state index contributed by atoms with van der Waals surface area (Å²) in [6, 6.07) is -1.80. The summed E-state index contributed by atoms with van der Waals surface area (Å²) in [7, 11) is 0. The van der Waals surface area contributed by atoms with Gasteiger partial charge >= 0.3 is 5.97 Å². The first-order chi connectivity index (χ1) is 29.9. The highest BCUT2D eigenvalue weighted by atomic mass is 32.2. The maximum absolute atomic E-state index is 14.4. The van der Waals surface area contributed by atoms with Crippen LogP contribution >= 0.6 is 11.8 Å². The number of fused-ring (bicyclic) bond motifs is 1. The standard InChI is InChI=1S/C41H63N11O10S/c1-22(2)17-31(41(61)62)51-39(59)32-12-8-15-52(32)40(60)28(13-16-63-3)48-36(56)27(11-6-7-14-42)47-37(57)29(18-23-21-46-26-10-5-4-9-24(23)26)50-38(58)30(20-34(45)54)49-35(55)25(43)19-33(44)53/h4-5,9-10,21-22,25,27-32,46H,6-8,11-20,42-43H2,1-3H3,(H2,44,53)(H2,45,54)(H,47,57)(H,48,56)(H,49,55)(H,50,58)(H,51,59)(H,61,62)/t25-,27-,28-,29-,30-,31-,32-/m0/s1. The summed E-state index contributed by atoms with van der Waals surface area (Å²) in [4.78, 5) is 123. The molecule has 1 fully saturated rings. The van der Waals surface area contributed by atoms with E-state index in [2.05, 4.69) is 31.6 Å². The molecule has 3 rings (SSSR count). The number of hydrogen-bond acceptors (Lipinski definition) is 12. The van der Waals surface area contributed by atoms with Gasteiger partial charge in [0.25, 0.3) is 0 Å². The Morgan fingerprint density at radius 1 is 0.810 bits per heavy atom. The molecule has 7 atom stereocenters. The molecule has 2 heterocycles. The minimum atomic E-state index is -1.62. The van der Waals surface area contributed by atoms with Crippen LogP contribution in [0.1, 0.15) is 77.2 Å². The first-order valence-corrected chi connectivity index (χ1v) is 22.4. The number of rotatable bonds is 27. The number of nitrogens with two attached hydrogens (primary N) is 4. The Labute approximate surface area is 370 Å². The van der Waals surface area contributed by atoms with E-state index in [1.165, 1.54) is 16.7 Å². The normalized spacial score (nSPS) is 16.5. The number of amides is 8. The number of nitrogens with one attached hydrogen (secondary N) is 6. The predicted octanol–water partition coefficient (Wildman–Crippen LogP) is -1.78. The van der Waals surface area contributed by atoms with E-state index in [4.69, 9.17) is 22.9 Å². The minimum absolute atomic E-state index is 0.0243. The molecule has 8 amide bonds. The van der Waals surface area contributed by atoms with Gasteiger partial charge in [-0.2, -0.15) is 11.8 Å². The summed E-state index contributed by atoms with van der Waals surface area (Å²) >= 11 is 1.43. The number of hydrogen-bond donors (Lipinski definition) is 11. The molecule has 0 aliphatic carbocycles. The lowest BCUT2D eigenvalue weighted by Gasteiger charge is -2.31. The zero-order valence-corrected chi connectivity index (χ0v) is 36.8. The van der Waals surface area contributed by atoms with Gasteiger partial charge in [-0.05, 0) is 81.0 Å². The number of carbonyl (C=O) groups excluding carboxylic acids is 8. The number of likely N-dealkylation sites (tertiary alicyclic amines) is 1. The van der Waals surface area contributed by atoms with Crippen LogP contribution in [0.3, 0.4) is 0 Å². The largest absolute Gasteiger partial charge is 0.480 e. The van der Waals surface area contributed by atoms with E-state index >= 15 is 0 Å². The number of aromatic nitrogens is 1. The molecule has 0 bridgehead atoms. The molecule has 2 aromatic rings. The quantitative estimate of drug-likeness (QED) is 0.0442. The van der Waals surface area contributed by atoms with Crippen LogP contribution < -0.4 is 49.5 Å². The van der Waals surface area contributed by atoms with Gasteiger partial charge in [-0.3, -0.25) is 38.4 Å². The molecule has 63 heavy (non-hydrogen) atoms. The van der Waals surface area contributed by atoms with Crippen molar-refractivity contribution >= 4 is 75.9 Å². The van der Waals surface area contributed by atoms with Crippen molar-refractivity contribution in [3.8, 4) is 0 Å². The number of thioether (sulfide) groups is 1. The molecule has 0 spiro atoms. The Morgan fingerprint density at radius 3 is 2.06 bits per heavy atom. The summed E-state index contributed by atoms with van der Waals surface area (Å²) in [5.74, 6) is -7.31. The Kier molecular flexibility index (Phi) is 20.8. The van der Waals surface area contributed by atoms with Gasteiger partial charge in [0, 0.05) is 30.1 Å². The maximum Gasteiger partial charge on any atom is 0.326 e. The van der Waals surface area contributed by atoms with E-state index in [0.29, 0.717) is 37.0 Å². The molecule has 1 aliphatic heterocycles. The summed E-state index contributed by atoms with van der Waals surface area (Å²) in [6.45, 7) is 4.14. The summed E-state index contributed by atoms with van der Waals surface area (Å²) < 4.78 is 0. The smallest absolute Gasteiger partial charge is 0.326 e. The number of carbonyl (C=O) groups is 9. The van der Waals surface area contributed by atoms with Crippen LogP contribution in [0, 0.1) is 5.92 Å². The molecule has 348 valence electrons. The van der Waals surface area contributed by atoms with Crippen molar-refractivity contribution < 1.29 is 48.3 Å². The number of benzene rings is 1. The van der Waals surface area contributed by atoms with Gasteiger partial charge in [0.1, 0.15) is 36.3 Å². The number of nitrogens with zero attached hydrogens (tertiary/aromatic N) is 1. The van der Waals surface area contributed by atoms with Gasteiger partial charge < -0.3 is 64.5 Å². The second-order valence-electron chi connectivity index (χ2n) is 16.0. The third-order valence-electron chi connectivity index (χ3n) is 10.5. The molecule has 15 N–H and O–H groups in total. The van der Waals surface area contributed by atoms with Crippen molar-refractivity contribution in [2.45, 2.75) is 120 Å². The lowest BCUT2D eigenvalue weighted by Crippen LogP contribution is -2.60. The van der Waals surface area contributed by atoms with Crippen LogP contribution in [0.15, 0.2) is 30.5 Å². The highest BCUT2D eigenvalue weighted by Crippen LogP contribution is 2.22. The Morgan fingerprint density at radius 2 is 1.43 bits per heavy atom. The molecule has 0 unspecified atom stereocenters. The van der Waals surface area contributed by atoms with Gasteiger partial charge in [0.15, 0.2) is 0 Å². The highest BCUT2D eigenvalue weighted by molar-refractivity contribution is 7.98. The molecule has 1 saturated heterocycles. The van der Waals surface area contributed by atoms with Crippen LogP contribution in [0.2, 0.25) is 0 Å². The maximum atomic E-state index is 14.4. The number of para-hydroxylation sites is 1. The van der Waals surface area contributed by atoms with Gasteiger partial charge in [-0.25, -0.2) is 4.79 Å². The van der Waals surface area contributed by atoms with E-state index in [1.807, 2.05) is 26.2 Å². The van der Waals surface area contributed by atoms with Gasteiger partial charge in [-0.1, -0.05) is 32.0 Å². The van der Waals surface area contributed by atoms with Crippen LogP contribution in [0.5, 0.6) is 0 Å². The number of carboxylic acid groups (broad SMARTS) is 1. The van der Waals surface area contributed by atoms with Gasteiger partial charge in [-0.15, -0.1) is 0 Å². The lowest BCUT2D eigenvalue weighted by atomic mass is 10.0. The number of H-pyrrole nitrogens is 1. The molecule has 0 radical (unpaired) electrons. The molecular formula is C41H63N11O10S. The third kappa shape index (κ3) is 16.2. The Bertz CT molecular complexity index is 1940. The van der Waals surface area contributed by atoms with Crippen LogP contribution in [0.25, 0.3) is 10.9 Å². The average Bonchev–Trinajstić information content (AvgIpc) is 3.88. The second-order valence-corrected chi connectivity index (χ2v) is 17.0. The van der Waals surface area contributed by atoms with Crippen molar-refractivity contribution in [1.29, 1.82) is 0 Å². The Hall–Kier alpha value is -5.74. The topological polar surface area (TPSA) is 357 Å². The number of unbranched alkanes of at least 4 members (excludes halogenated alkanes) is 1. The van der Waals surface area contributed by atoms with Gasteiger partial charge in [0.05, 0.1) is 18.9 Å². The first kappa shape index (κ1) is 51.6. The zero-order chi connectivity index (χ0) is 46.8. The van der Waals surface area contributed by atoms with Crippen molar-refractivity contribution in [3.63, 3.8) is 0 Å². The second kappa shape index (κ2) is 25.4. The zero-order valence-electron chi connectivity index (χ0n) is 36.0. The van der Waals surface area contributed by atoms with E-state index in [9.17, 15) is 48.3 Å². The van der Waals surface area contributed by atoms with E-state index in [-0.39, 0.29) is 44.7 Å². The molecule has 22 heteroatoms. The summed E-state index contributed by atoms with van der Waals surface area (Å²) in [5, 5.41) is 23.4. The van der Waals surface area contributed by atoms with Gasteiger partial charge in [0.2, 0.25) is 47.3 Å². The van der Waals surface area contributed by atoms with E-state index < -0.39 is 108 Å². The number of aromatic amines is 1. The summed E-state index contributed by atoms with van der Waals surface area (Å²) in [5.41, 5.74) is 23.4. The number of carboxylic acids is 1. The monoisotopic (exact) mass is 901 g/mol. The number of aliphatic carboxylic acids is 1. The highest BCUT2D eigenvalue weighted by Gasteiger charge is 2.40. The van der Waals surface area contributed by atoms with Crippen molar-refractivity contribution in [3.05, 3.63) is 36.0 Å². The number of primary amides is 2. The van der Waals surface area contributed by atoms with Crippen molar-refractivity contribution in [2.75, 3.05) is 25.1 Å². The average molecular weight is 902 g/mol. The molecular weight excluding hydrogens is 839 g/mol. The van der Waals surface area contributed by atoms with Crippen molar-refractivity contribution in [2.24, 2.45) is 28.9 Å². The first-order valence-electron chi connectivity index (χ1n) is 21.0. The lowest BCUT2D eigenvalue weighted by molar-refractivity contribution is -0.145. The van der Waals surface area contributed by atoms with E-state index in [1.54, 1.807) is 24.4 Å². The van der Waals surface area contributed by atoms with E-state index in [0.717, 1.165) is 10.9 Å². The predicted molar refractivity (Wildman–Crippen MR) is 235 cm³/mol. The third-order valence-corrected chi connectivity index (χ3v) is 11.1. The molecule has 1 aliphatic rings. The summed E-state index contributed by atoms with van der Waals surface area (Å²) in [6.07, 6.45) is 4.14. The fraction of sp³-hybridized carbons (Fsp3) is 0.585. The Balaban J connectivity index is 1.92. The van der Waals surface area contributed by atoms with Crippen LogP contribution in [-0.2, 0) is 49.6 Å². The fourth-order valence-electron chi connectivity index (χ4n) is 7.26. The van der Waals surface area contributed by atoms with Crippen molar-refractivity contribution in [1.82, 2.24) is 36.5 Å². The SMILES string of the molecule is CSCC[C@H](NC(=O)[C@H](CCCCN)NC(=O)[C@H](Cc1c[nH]c2ccccc12)NC(=O)[C@H](CC(N)=O)NC(=O)[C@@H](N)CC(N)=O)C(=O)N1CCC[C@H]1C(=O)N[C@@H](CC(C)C)C(=O)O. The molecule has 1 aromatic heterocycles. The van der Waals surface area contributed by atoms with Crippen LogP contribution in [0.4, 0.5) is 0 Å². The molecule has 21 nitrogen and oxygen atoms in total. The van der Waals surface area contributed by atoms with Crippen LogP contribution in [-0.4, -0.2) is 136 Å². The molecule has 0 saturated carbocycles. The molecule has 1 aromatic carbocycles. The fourth-order valence-corrected chi connectivity index (χ4v) is 7.74.